The highest BCUT2D eigenvalue weighted by molar-refractivity contribution is 7.99. The lowest BCUT2D eigenvalue weighted by Gasteiger charge is -2.11. The molecule has 0 spiro atoms. The summed E-state index contributed by atoms with van der Waals surface area (Å²) in [6, 6.07) is 7.59. The first kappa shape index (κ1) is 16.8. The van der Waals surface area contributed by atoms with Crippen molar-refractivity contribution in [1.29, 1.82) is 0 Å². The molecule has 1 N–H and O–H groups in total. The van der Waals surface area contributed by atoms with Crippen molar-refractivity contribution in [1.82, 2.24) is 20.1 Å². The van der Waals surface area contributed by atoms with Crippen LogP contribution in [0.4, 0.5) is 0 Å². The molecule has 3 rings (SSSR count). The third-order valence-corrected chi connectivity index (χ3v) is 4.69. The fourth-order valence-corrected chi connectivity index (χ4v) is 3.22. The molecule has 128 valence electrons. The summed E-state index contributed by atoms with van der Waals surface area (Å²) in [7, 11) is 1.63. The van der Waals surface area contributed by atoms with Gasteiger partial charge in [-0.05, 0) is 37.1 Å². The number of ether oxygens (including phenoxy) is 2. The number of carbonyl (C=O) groups is 1. The quantitative estimate of drug-likeness (QED) is 0.767. The van der Waals surface area contributed by atoms with Crippen LogP contribution in [0.5, 0.6) is 5.75 Å². The summed E-state index contributed by atoms with van der Waals surface area (Å²) in [4.78, 5) is 12.0. The average molecular weight is 348 g/mol. The molecule has 2 aromatic rings. The van der Waals surface area contributed by atoms with E-state index in [1.54, 1.807) is 13.4 Å². The Balaban J connectivity index is 1.53. The number of amides is 1. The number of aromatic nitrogens is 3. The molecule has 0 bridgehead atoms. The molecular formula is C16H20N4O3S. The molecule has 0 radical (unpaired) electrons. The smallest absolute Gasteiger partial charge is 0.230 e. The van der Waals surface area contributed by atoms with Crippen LogP contribution < -0.4 is 10.1 Å². The molecule has 0 saturated carbocycles. The van der Waals surface area contributed by atoms with E-state index < -0.39 is 0 Å². The number of carbonyl (C=O) groups excluding carboxylic acids is 1. The zero-order chi connectivity index (χ0) is 16.8. The molecule has 0 unspecified atom stereocenters. The molecule has 7 nitrogen and oxygen atoms in total. The van der Waals surface area contributed by atoms with E-state index in [9.17, 15) is 4.79 Å². The van der Waals surface area contributed by atoms with Gasteiger partial charge in [0.1, 0.15) is 12.1 Å². The van der Waals surface area contributed by atoms with Crippen LogP contribution in [-0.4, -0.2) is 52.8 Å². The number of thioether (sulfide) groups is 1. The Morgan fingerprint density at radius 3 is 3.00 bits per heavy atom. The number of rotatable bonds is 7. The van der Waals surface area contributed by atoms with Gasteiger partial charge in [-0.15, -0.1) is 10.2 Å². The van der Waals surface area contributed by atoms with Crippen LogP contribution in [0, 0.1) is 0 Å². The molecule has 1 saturated heterocycles. The third-order valence-electron chi connectivity index (χ3n) is 3.75. The Hall–Kier alpha value is -2.06. The summed E-state index contributed by atoms with van der Waals surface area (Å²) in [5.74, 6) is 1.05. The van der Waals surface area contributed by atoms with Crippen LogP contribution in [0.15, 0.2) is 35.7 Å². The van der Waals surface area contributed by atoms with Crippen molar-refractivity contribution in [3.63, 3.8) is 0 Å². The van der Waals surface area contributed by atoms with Gasteiger partial charge >= 0.3 is 0 Å². The second-order valence-electron chi connectivity index (χ2n) is 5.41. The van der Waals surface area contributed by atoms with Crippen molar-refractivity contribution in [3.8, 4) is 11.4 Å². The minimum Gasteiger partial charge on any atom is -0.497 e. The van der Waals surface area contributed by atoms with Crippen LogP contribution in [-0.2, 0) is 9.53 Å². The maximum atomic E-state index is 12.0. The van der Waals surface area contributed by atoms with Crippen LogP contribution in [0.3, 0.4) is 0 Å². The van der Waals surface area contributed by atoms with Gasteiger partial charge in [0.2, 0.25) is 5.91 Å². The lowest BCUT2D eigenvalue weighted by molar-refractivity contribution is -0.119. The fraction of sp³-hybridized carbons (Fsp3) is 0.438. The van der Waals surface area contributed by atoms with E-state index in [1.165, 1.54) is 11.8 Å². The molecule has 1 amide bonds. The maximum Gasteiger partial charge on any atom is 0.230 e. The Labute approximate surface area is 144 Å². The molecule has 8 heteroatoms. The Morgan fingerprint density at radius 2 is 2.29 bits per heavy atom. The van der Waals surface area contributed by atoms with E-state index in [4.69, 9.17) is 9.47 Å². The first-order chi connectivity index (χ1) is 11.8. The molecule has 24 heavy (non-hydrogen) atoms. The van der Waals surface area contributed by atoms with Gasteiger partial charge in [-0.25, -0.2) is 0 Å². The van der Waals surface area contributed by atoms with Gasteiger partial charge in [0.25, 0.3) is 0 Å². The predicted molar refractivity (Wildman–Crippen MR) is 90.6 cm³/mol. The number of nitrogens with zero attached hydrogens (tertiary/aromatic N) is 3. The molecule has 1 aromatic heterocycles. The normalized spacial score (nSPS) is 17.0. The SMILES string of the molecule is COc1ccc(-n2cnnc2SCC(=O)NC[C@H]2CCCO2)cc1. The summed E-state index contributed by atoms with van der Waals surface area (Å²) in [6.45, 7) is 1.37. The van der Waals surface area contributed by atoms with E-state index in [2.05, 4.69) is 15.5 Å². The molecule has 0 aliphatic carbocycles. The van der Waals surface area contributed by atoms with Gasteiger partial charge in [-0.2, -0.15) is 0 Å². The van der Waals surface area contributed by atoms with Gasteiger partial charge in [0.15, 0.2) is 5.16 Å². The minimum absolute atomic E-state index is 0.0280. The predicted octanol–water partition coefficient (Wildman–Crippen LogP) is 1.66. The second-order valence-corrected chi connectivity index (χ2v) is 6.35. The van der Waals surface area contributed by atoms with Crippen LogP contribution in [0.25, 0.3) is 5.69 Å². The number of methoxy groups -OCH3 is 1. The van der Waals surface area contributed by atoms with Crippen LogP contribution in [0.1, 0.15) is 12.8 Å². The zero-order valence-electron chi connectivity index (χ0n) is 13.5. The van der Waals surface area contributed by atoms with Crippen molar-refractivity contribution < 1.29 is 14.3 Å². The van der Waals surface area contributed by atoms with Gasteiger partial charge in [-0.3, -0.25) is 9.36 Å². The topological polar surface area (TPSA) is 78.3 Å². The largest absolute Gasteiger partial charge is 0.497 e. The average Bonchev–Trinajstić information content (AvgIpc) is 3.29. The Kier molecular flexibility index (Phi) is 5.71. The summed E-state index contributed by atoms with van der Waals surface area (Å²) in [6.07, 6.45) is 3.87. The Bertz CT molecular complexity index is 668. The maximum absolute atomic E-state index is 12.0. The molecular weight excluding hydrogens is 328 g/mol. The standard InChI is InChI=1S/C16H20N4O3S/c1-22-13-6-4-12(5-7-13)20-11-18-19-16(20)24-10-15(21)17-9-14-3-2-8-23-14/h4-7,11,14H,2-3,8-10H2,1H3,(H,17,21)/t14-/m1/s1. The Morgan fingerprint density at radius 1 is 1.46 bits per heavy atom. The van der Waals surface area contributed by atoms with Crippen molar-refractivity contribution >= 4 is 17.7 Å². The minimum atomic E-state index is -0.0280. The van der Waals surface area contributed by atoms with Crippen molar-refractivity contribution in [2.24, 2.45) is 0 Å². The van der Waals surface area contributed by atoms with E-state index in [0.29, 0.717) is 17.5 Å². The summed E-state index contributed by atoms with van der Waals surface area (Å²) in [5, 5.41) is 11.6. The van der Waals surface area contributed by atoms with Crippen LogP contribution in [0.2, 0.25) is 0 Å². The molecule has 1 aromatic carbocycles. The monoisotopic (exact) mass is 348 g/mol. The molecule has 1 atom stereocenters. The van der Waals surface area contributed by atoms with Gasteiger partial charge < -0.3 is 14.8 Å². The van der Waals surface area contributed by atoms with Crippen molar-refractivity contribution in [2.75, 3.05) is 26.0 Å². The zero-order valence-corrected chi connectivity index (χ0v) is 14.3. The highest BCUT2D eigenvalue weighted by Gasteiger charge is 2.16. The summed E-state index contributed by atoms with van der Waals surface area (Å²) in [5.41, 5.74) is 0.920. The molecule has 2 heterocycles. The number of benzene rings is 1. The van der Waals surface area contributed by atoms with Gasteiger partial charge in [0.05, 0.1) is 19.0 Å². The second kappa shape index (κ2) is 8.16. The van der Waals surface area contributed by atoms with Gasteiger partial charge in [0, 0.05) is 18.8 Å². The van der Waals surface area contributed by atoms with E-state index >= 15 is 0 Å². The van der Waals surface area contributed by atoms with E-state index in [-0.39, 0.29) is 12.0 Å². The first-order valence-corrected chi connectivity index (χ1v) is 8.80. The highest BCUT2D eigenvalue weighted by atomic mass is 32.2. The highest BCUT2D eigenvalue weighted by Crippen LogP contribution is 2.21. The number of nitrogens with one attached hydrogen (secondary N) is 1. The summed E-state index contributed by atoms with van der Waals surface area (Å²) >= 11 is 1.35. The van der Waals surface area contributed by atoms with Crippen LogP contribution >= 0.6 is 11.8 Å². The number of hydrogen-bond acceptors (Lipinski definition) is 6. The van der Waals surface area contributed by atoms with E-state index in [0.717, 1.165) is 30.9 Å². The van der Waals surface area contributed by atoms with Gasteiger partial charge in [-0.1, -0.05) is 11.8 Å². The van der Waals surface area contributed by atoms with Crippen molar-refractivity contribution in [2.45, 2.75) is 24.1 Å². The lowest BCUT2D eigenvalue weighted by Crippen LogP contribution is -2.32. The van der Waals surface area contributed by atoms with E-state index in [1.807, 2.05) is 28.8 Å². The summed E-state index contributed by atoms with van der Waals surface area (Å²) < 4.78 is 12.5. The lowest BCUT2D eigenvalue weighted by atomic mass is 10.2. The number of hydrogen-bond donors (Lipinski definition) is 1. The third kappa shape index (κ3) is 4.27. The fourth-order valence-electron chi connectivity index (χ4n) is 2.46. The molecule has 1 aliphatic rings. The first-order valence-electron chi connectivity index (χ1n) is 7.82. The molecule has 1 fully saturated rings. The molecule has 1 aliphatic heterocycles. The van der Waals surface area contributed by atoms with Crippen molar-refractivity contribution in [3.05, 3.63) is 30.6 Å².